The third-order valence-electron chi connectivity index (χ3n) is 5.41. The molecule has 4 N–H and O–H groups in total. The van der Waals surface area contributed by atoms with Gasteiger partial charge in [-0.2, -0.15) is 0 Å². The molecule has 2 aromatic rings. The fourth-order valence-corrected chi connectivity index (χ4v) is 4.19. The quantitative estimate of drug-likeness (QED) is 0.743. The zero-order chi connectivity index (χ0) is 18.1. The molecule has 1 unspecified atom stereocenters. The number of rotatable bonds is 5. The lowest BCUT2D eigenvalue weighted by Crippen LogP contribution is -2.39. The summed E-state index contributed by atoms with van der Waals surface area (Å²) in [6, 6.07) is 8.50. The van der Waals surface area contributed by atoms with E-state index in [0.717, 1.165) is 31.0 Å². The molecule has 1 aliphatic heterocycles. The van der Waals surface area contributed by atoms with E-state index in [-0.39, 0.29) is 12.1 Å². The van der Waals surface area contributed by atoms with E-state index in [1.165, 1.54) is 17.5 Å². The van der Waals surface area contributed by atoms with Gasteiger partial charge in [-0.15, -0.1) is 0 Å². The number of fused-ring (bicyclic) bond motifs is 1. The molecule has 1 aromatic carbocycles. The maximum Gasteiger partial charge on any atom is 0.134 e. The molecule has 2 heterocycles. The van der Waals surface area contributed by atoms with Crippen molar-refractivity contribution in [1.82, 2.24) is 15.3 Å². The molecule has 26 heavy (non-hydrogen) atoms. The molecule has 7 heteroatoms. The summed E-state index contributed by atoms with van der Waals surface area (Å²) < 4.78 is 5.49. The normalized spacial score (nSPS) is 24.7. The predicted octanol–water partition coefficient (Wildman–Crippen LogP) is 1.28. The second-order valence-electron chi connectivity index (χ2n) is 7.02. The molecule has 1 fully saturated rings. The lowest BCUT2D eigenvalue weighted by Gasteiger charge is -2.27. The van der Waals surface area contributed by atoms with Crippen molar-refractivity contribution < 1.29 is 9.84 Å². The third kappa shape index (κ3) is 3.20. The molecule has 138 valence electrons. The lowest BCUT2D eigenvalue weighted by molar-refractivity contribution is 0.193. The molecule has 1 saturated heterocycles. The first-order valence-electron chi connectivity index (χ1n) is 9.07. The Labute approximate surface area is 153 Å². The number of ether oxygens (including phenoxy) is 1. The van der Waals surface area contributed by atoms with Gasteiger partial charge < -0.3 is 25.8 Å². The number of nitrogens with two attached hydrogens (primary N) is 1. The number of nitrogens with one attached hydrogen (secondary N) is 1. The van der Waals surface area contributed by atoms with Gasteiger partial charge in [-0.3, -0.25) is 0 Å². The summed E-state index contributed by atoms with van der Waals surface area (Å²) in [4.78, 5) is 10.4. The van der Waals surface area contributed by atoms with Crippen molar-refractivity contribution in [3.63, 3.8) is 0 Å². The van der Waals surface area contributed by atoms with E-state index in [9.17, 15) is 5.11 Å². The number of anilines is 2. The minimum Gasteiger partial charge on any atom is -0.496 e. The Morgan fingerprint density at radius 3 is 3.08 bits per heavy atom. The number of β-amino-alcohol motifs (C(OH)–C–C–N with tert-alkyl or cyclic N) is 1. The molecule has 0 amide bonds. The topological polar surface area (TPSA) is 96.5 Å². The van der Waals surface area contributed by atoms with Gasteiger partial charge in [0.2, 0.25) is 0 Å². The molecule has 3 atom stereocenters. The third-order valence-corrected chi connectivity index (χ3v) is 5.41. The van der Waals surface area contributed by atoms with E-state index in [1.807, 2.05) is 12.1 Å². The molecular formula is C19H25N5O2. The minimum absolute atomic E-state index is 0.175. The molecule has 4 rings (SSSR count). The second-order valence-corrected chi connectivity index (χ2v) is 7.02. The van der Waals surface area contributed by atoms with Crippen LogP contribution in [0, 0.1) is 0 Å². The van der Waals surface area contributed by atoms with Gasteiger partial charge in [0.05, 0.1) is 13.2 Å². The first-order valence-corrected chi connectivity index (χ1v) is 9.07. The highest BCUT2D eigenvalue weighted by Gasteiger charge is 2.33. The Morgan fingerprint density at radius 1 is 1.38 bits per heavy atom. The molecule has 7 nitrogen and oxygen atoms in total. The van der Waals surface area contributed by atoms with Gasteiger partial charge in [-0.1, -0.05) is 12.1 Å². The average molecular weight is 355 g/mol. The van der Waals surface area contributed by atoms with E-state index in [4.69, 9.17) is 10.5 Å². The van der Waals surface area contributed by atoms with E-state index in [0.29, 0.717) is 24.8 Å². The standard InChI is InChI=1S/C19H25N5O2/c1-26-17-4-2-3-14-15(17)5-6-16(14)21-9-12-7-13(25)10-24(12)19-8-18(20)22-11-23-19/h2-4,8,11-13,16,21,25H,5-7,9-10H2,1H3,(H2,20,22,23)/t12-,13-,16?/m1/s1. The number of hydrogen-bond acceptors (Lipinski definition) is 7. The minimum atomic E-state index is -0.353. The van der Waals surface area contributed by atoms with Crippen LogP contribution in [0.5, 0.6) is 5.75 Å². The number of hydrogen-bond donors (Lipinski definition) is 3. The number of nitrogen functional groups attached to an aromatic ring is 1. The number of nitrogens with zero attached hydrogens (tertiary/aromatic N) is 3. The maximum absolute atomic E-state index is 10.2. The fourth-order valence-electron chi connectivity index (χ4n) is 4.19. The summed E-state index contributed by atoms with van der Waals surface area (Å²) in [5, 5.41) is 13.8. The van der Waals surface area contributed by atoms with Crippen LogP contribution in [0.25, 0.3) is 0 Å². The van der Waals surface area contributed by atoms with E-state index >= 15 is 0 Å². The molecule has 0 saturated carbocycles. The smallest absolute Gasteiger partial charge is 0.134 e. The average Bonchev–Trinajstić information content (AvgIpc) is 3.23. The van der Waals surface area contributed by atoms with Crippen molar-refractivity contribution in [1.29, 1.82) is 0 Å². The molecular weight excluding hydrogens is 330 g/mol. The number of aliphatic hydroxyl groups is 1. The largest absolute Gasteiger partial charge is 0.496 e. The Morgan fingerprint density at radius 2 is 2.27 bits per heavy atom. The van der Waals surface area contributed by atoms with Crippen LogP contribution in [0.2, 0.25) is 0 Å². The van der Waals surface area contributed by atoms with Gasteiger partial charge in [0.15, 0.2) is 0 Å². The molecule has 2 aliphatic rings. The first-order chi connectivity index (χ1) is 12.7. The highest BCUT2D eigenvalue weighted by atomic mass is 16.5. The molecule has 1 aliphatic carbocycles. The Kier molecular flexibility index (Phi) is 4.65. The molecule has 0 radical (unpaired) electrons. The van der Waals surface area contributed by atoms with Crippen molar-refractivity contribution in [2.24, 2.45) is 0 Å². The summed E-state index contributed by atoms with van der Waals surface area (Å²) in [6.07, 6.45) is 3.92. The van der Waals surface area contributed by atoms with Gasteiger partial charge in [0.25, 0.3) is 0 Å². The van der Waals surface area contributed by atoms with Crippen molar-refractivity contribution in [2.45, 2.75) is 37.5 Å². The highest BCUT2D eigenvalue weighted by molar-refractivity contribution is 5.48. The van der Waals surface area contributed by atoms with Crippen molar-refractivity contribution in [2.75, 3.05) is 30.8 Å². The van der Waals surface area contributed by atoms with E-state index < -0.39 is 0 Å². The molecule has 1 aromatic heterocycles. The van der Waals surface area contributed by atoms with Gasteiger partial charge in [0, 0.05) is 31.2 Å². The predicted molar refractivity (Wildman–Crippen MR) is 100 cm³/mol. The zero-order valence-electron chi connectivity index (χ0n) is 14.9. The summed E-state index contributed by atoms with van der Waals surface area (Å²) >= 11 is 0. The number of benzene rings is 1. The fraction of sp³-hybridized carbons (Fsp3) is 0.474. The van der Waals surface area contributed by atoms with Crippen LogP contribution in [0.4, 0.5) is 11.6 Å². The number of methoxy groups -OCH3 is 1. The highest BCUT2D eigenvalue weighted by Crippen LogP contribution is 2.37. The van der Waals surface area contributed by atoms with Crippen molar-refractivity contribution in [3.8, 4) is 5.75 Å². The summed E-state index contributed by atoms with van der Waals surface area (Å²) in [5.41, 5.74) is 8.42. The van der Waals surface area contributed by atoms with Crippen LogP contribution in [0.3, 0.4) is 0 Å². The number of aliphatic hydroxyl groups excluding tert-OH is 1. The maximum atomic E-state index is 10.2. The van der Waals surface area contributed by atoms with Crippen LogP contribution in [0.15, 0.2) is 30.6 Å². The summed E-state index contributed by atoms with van der Waals surface area (Å²) in [5.74, 6) is 2.19. The van der Waals surface area contributed by atoms with Gasteiger partial charge in [-0.05, 0) is 36.5 Å². The lowest BCUT2D eigenvalue weighted by atomic mass is 10.1. The zero-order valence-corrected chi connectivity index (χ0v) is 14.9. The van der Waals surface area contributed by atoms with Gasteiger partial charge in [-0.25, -0.2) is 9.97 Å². The summed E-state index contributed by atoms with van der Waals surface area (Å²) in [7, 11) is 1.72. The van der Waals surface area contributed by atoms with E-state index in [1.54, 1.807) is 13.2 Å². The van der Waals surface area contributed by atoms with Crippen molar-refractivity contribution in [3.05, 3.63) is 41.7 Å². The van der Waals surface area contributed by atoms with Crippen LogP contribution >= 0.6 is 0 Å². The van der Waals surface area contributed by atoms with E-state index in [2.05, 4.69) is 26.3 Å². The molecule has 0 bridgehead atoms. The van der Waals surface area contributed by atoms with Crippen LogP contribution in [0.1, 0.15) is 30.0 Å². The Balaban J connectivity index is 1.46. The van der Waals surface area contributed by atoms with Gasteiger partial charge >= 0.3 is 0 Å². The Hall–Kier alpha value is -2.38. The monoisotopic (exact) mass is 355 g/mol. The van der Waals surface area contributed by atoms with Crippen molar-refractivity contribution >= 4 is 11.6 Å². The van der Waals surface area contributed by atoms with Crippen LogP contribution in [-0.2, 0) is 6.42 Å². The Bertz CT molecular complexity index is 784. The van der Waals surface area contributed by atoms with Crippen LogP contribution < -0.4 is 20.7 Å². The number of aromatic nitrogens is 2. The SMILES string of the molecule is COc1cccc2c1CCC2NC[C@H]1C[C@@H](O)CN1c1cc(N)ncn1. The van der Waals surface area contributed by atoms with Gasteiger partial charge in [0.1, 0.15) is 23.7 Å². The molecule has 0 spiro atoms. The van der Waals surface area contributed by atoms with Crippen LogP contribution in [-0.4, -0.2) is 47.4 Å². The summed E-state index contributed by atoms with van der Waals surface area (Å²) in [6.45, 7) is 1.35. The second kappa shape index (κ2) is 7.09. The first kappa shape index (κ1) is 17.1.